The van der Waals surface area contributed by atoms with Crippen LogP contribution in [0.1, 0.15) is 23.6 Å². The van der Waals surface area contributed by atoms with Crippen LogP contribution >= 0.6 is 0 Å². The minimum atomic E-state index is -3.10. The molecule has 0 saturated carbocycles. The summed E-state index contributed by atoms with van der Waals surface area (Å²) in [5.74, 6) is 0.985. The van der Waals surface area contributed by atoms with E-state index in [9.17, 15) is 8.42 Å². The molecule has 102 valence electrons. The summed E-state index contributed by atoms with van der Waals surface area (Å²) in [6.45, 7) is 6.10. The molecule has 18 heavy (non-hydrogen) atoms. The minimum Gasteiger partial charge on any atom is -0.496 e. The van der Waals surface area contributed by atoms with Crippen molar-refractivity contribution in [2.45, 2.75) is 27.2 Å². The molecule has 1 aromatic carbocycles. The number of hydrogen-bond acceptors (Lipinski definition) is 3. The molecule has 0 aliphatic carbocycles. The summed E-state index contributed by atoms with van der Waals surface area (Å²) in [6.07, 6.45) is 0.690. The van der Waals surface area contributed by atoms with Crippen LogP contribution in [-0.2, 0) is 16.4 Å². The molecule has 0 aliphatic rings. The van der Waals surface area contributed by atoms with E-state index in [0.29, 0.717) is 13.0 Å². The van der Waals surface area contributed by atoms with E-state index in [1.54, 1.807) is 14.0 Å². The zero-order valence-corrected chi connectivity index (χ0v) is 12.2. The molecule has 4 nitrogen and oxygen atoms in total. The zero-order valence-electron chi connectivity index (χ0n) is 11.4. The maximum Gasteiger partial charge on any atom is 0.211 e. The number of nitrogens with one attached hydrogen (secondary N) is 1. The van der Waals surface area contributed by atoms with Crippen LogP contribution in [0.5, 0.6) is 5.75 Å². The minimum absolute atomic E-state index is 0.119. The molecular formula is C13H21NO3S. The van der Waals surface area contributed by atoms with Gasteiger partial charge in [0.05, 0.1) is 12.9 Å². The Morgan fingerprint density at radius 1 is 1.22 bits per heavy atom. The maximum atomic E-state index is 11.3. The van der Waals surface area contributed by atoms with Crippen LogP contribution in [0.4, 0.5) is 0 Å². The molecule has 0 radical (unpaired) electrons. The molecule has 0 spiro atoms. The number of methoxy groups -OCH3 is 1. The molecule has 0 aliphatic heterocycles. The Morgan fingerprint density at radius 3 is 2.44 bits per heavy atom. The van der Waals surface area contributed by atoms with E-state index in [1.165, 1.54) is 0 Å². The predicted molar refractivity (Wildman–Crippen MR) is 73.6 cm³/mol. The van der Waals surface area contributed by atoms with Crippen molar-refractivity contribution in [3.8, 4) is 5.75 Å². The third-order valence-corrected chi connectivity index (χ3v) is 4.57. The number of sulfonamides is 1. The summed E-state index contributed by atoms with van der Waals surface area (Å²) in [7, 11) is -1.45. The van der Waals surface area contributed by atoms with Crippen LogP contribution in [0, 0.1) is 13.8 Å². The van der Waals surface area contributed by atoms with Gasteiger partial charge < -0.3 is 4.74 Å². The van der Waals surface area contributed by atoms with E-state index in [2.05, 4.69) is 4.72 Å². The fourth-order valence-corrected chi connectivity index (χ4v) is 2.40. The second-order valence-electron chi connectivity index (χ2n) is 4.22. The van der Waals surface area contributed by atoms with Crippen LogP contribution in [0.15, 0.2) is 12.1 Å². The smallest absolute Gasteiger partial charge is 0.211 e. The monoisotopic (exact) mass is 271 g/mol. The van der Waals surface area contributed by atoms with Crippen molar-refractivity contribution in [1.82, 2.24) is 4.72 Å². The molecule has 0 aromatic heterocycles. The molecule has 1 aromatic rings. The lowest BCUT2D eigenvalue weighted by Gasteiger charge is -2.12. The van der Waals surface area contributed by atoms with Crippen LogP contribution in [0.25, 0.3) is 0 Å². The largest absolute Gasteiger partial charge is 0.496 e. The van der Waals surface area contributed by atoms with Gasteiger partial charge in [0.1, 0.15) is 5.75 Å². The highest BCUT2D eigenvalue weighted by Crippen LogP contribution is 2.23. The summed E-state index contributed by atoms with van der Waals surface area (Å²) in [4.78, 5) is 0. The van der Waals surface area contributed by atoms with Crippen LogP contribution in [-0.4, -0.2) is 27.8 Å². The molecule has 5 heteroatoms. The molecule has 0 amide bonds. The maximum absolute atomic E-state index is 11.3. The fraction of sp³-hybridized carbons (Fsp3) is 0.538. The van der Waals surface area contributed by atoms with Gasteiger partial charge in [-0.25, -0.2) is 13.1 Å². The first-order valence-electron chi connectivity index (χ1n) is 6.01. The number of hydrogen-bond donors (Lipinski definition) is 1. The van der Waals surface area contributed by atoms with Gasteiger partial charge in [-0.1, -0.05) is 6.07 Å². The molecule has 0 heterocycles. The molecule has 0 saturated heterocycles. The summed E-state index contributed by atoms with van der Waals surface area (Å²) in [5, 5.41) is 0. The second-order valence-corrected chi connectivity index (χ2v) is 6.32. The first-order valence-corrected chi connectivity index (χ1v) is 7.67. The molecule has 0 fully saturated rings. The molecular weight excluding hydrogens is 250 g/mol. The third kappa shape index (κ3) is 3.71. The Morgan fingerprint density at radius 2 is 1.89 bits per heavy atom. The zero-order chi connectivity index (χ0) is 13.8. The average Bonchev–Trinajstić information content (AvgIpc) is 2.35. The highest BCUT2D eigenvalue weighted by molar-refractivity contribution is 7.89. The number of benzene rings is 1. The fourth-order valence-electron chi connectivity index (χ4n) is 1.79. The molecule has 0 atom stereocenters. The van der Waals surface area contributed by atoms with E-state index >= 15 is 0 Å². The lowest BCUT2D eigenvalue weighted by Crippen LogP contribution is -2.27. The second kappa shape index (κ2) is 6.20. The van der Waals surface area contributed by atoms with Gasteiger partial charge >= 0.3 is 0 Å². The molecule has 1 N–H and O–H groups in total. The SMILES string of the molecule is CCS(=O)(=O)NCCc1ccc(OC)c(C)c1C. The van der Waals surface area contributed by atoms with Gasteiger partial charge in [-0.2, -0.15) is 0 Å². The highest BCUT2D eigenvalue weighted by Gasteiger charge is 2.09. The number of rotatable bonds is 6. The van der Waals surface area contributed by atoms with Gasteiger partial charge in [-0.05, 0) is 49.9 Å². The van der Waals surface area contributed by atoms with Gasteiger partial charge in [0.2, 0.25) is 10.0 Å². The molecule has 1 rings (SSSR count). The lowest BCUT2D eigenvalue weighted by atomic mass is 10.0. The first kappa shape index (κ1) is 15.0. The summed E-state index contributed by atoms with van der Waals surface area (Å²) in [5.41, 5.74) is 3.41. The Hall–Kier alpha value is -1.07. The topological polar surface area (TPSA) is 55.4 Å². The molecule has 0 unspecified atom stereocenters. The lowest BCUT2D eigenvalue weighted by molar-refractivity contribution is 0.411. The number of ether oxygens (including phenoxy) is 1. The van der Waals surface area contributed by atoms with E-state index < -0.39 is 10.0 Å². The van der Waals surface area contributed by atoms with Crippen molar-refractivity contribution in [2.75, 3.05) is 19.4 Å². The van der Waals surface area contributed by atoms with E-state index in [-0.39, 0.29) is 5.75 Å². The highest BCUT2D eigenvalue weighted by atomic mass is 32.2. The van der Waals surface area contributed by atoms with E-state index in [0.717, 1.165) is 22.4 Å². The quantitative estimate of drug-likeness (QED) is 0.858. The van der Waals surface area contributed by atoms with Crippen LogP contribution in [0.3, 0.4) is 0 Å². The van der Waals surface area contributed by atoms with Crippen molar-refractivity contribution in [2.24, 2.45) is 0 Å². The summed E-state index contributed by atoms with van der Waals surface area (Å²) in [6, 6.07) is 3.91. The average molecular weight is 271 g/mol. The van der Waals surface area contributed by atoms with Crippen molar-refractivity contribution in [3.63, 3.8) is 0 Å². The van der Waals surface area contributed by atoms with Crippen molar-refractivity contribution >= 4 is 10.0 Å². The first-order chi connectivity index (χ1) is 8.41. The Balaban J connectivity index is 2.72. The molecule has 0 bridgehead atoms. The summed E-state index contributed by atoms with van der Waals surface area (Å²) < 4.78 is 30.4. The van der Waals surface area contributed by atoms with Crippen molar-refractivity contribution < 1.29 is 13.2 Å². The summed E-state index contributed by atoms with van der Waals surface area (Å²) >= 11 is 0. The van der Waals surface area contributed by atoms with E-state index in [4.69, 9.17) is 4.74 Å². The third-order valence-electron chi connectivity index (χ3n) is 3.17. The Labute approximate surface area is 109 Å². The normalized spacial score (nSPS) is 11.6. The Bertz CT molecular complexity index is 509. The van der Waals surface area contributed by atoms with Crippen molar-refractivity contribution in [1.29, 1.82) is 0 Å². The van der Waals surface area contributed by atoms with Gasteiger partial charge in [-0.3, -0.25) is 0 Å². The predicted octanol–water partition coefficient (Wildman–Crippen LogP) is 1.79. The van der Waals surface area contributed by atoms with E-state index in [1.807, 2.05) is 26.0 Å². The Kier molecular flexibility index (Phi) is 5.16. The van der Waals surface area contributed by atoms with Crippen molar-refractivity contribution in [3.05, 3.63) is 28.8 Å². The van der Waals surface area contributed by atoms with Gasteiger partial charge in [0.15, 0.2) is 0 Å². The van der Waals surface area contributed by atoms with Crippen LogP contribution in [0.2, 0.25) is 0 Å². The van der Waals surface area contributed by atoms with Crippen LogP contribution < -0.4 is 9.46 Å². The standard InChI is InChI=1S/C13H21NO3S/c1-5-18(15,16)14-9-8-12-6-7-13(17-4)11(3)10(12)2/h6-7,14H,5,8-9H2,1-4H3. The van der Waals surface area contributed by atoms with Gasteiger partial charge in [0, 0.05) is 6.54 Å². The van der Waals surface area contributed by atoms with Gasteiger partial charge in [0.25, 0.3) is 0 Å². The van der Waals surface area contributed by atoms with Gasteiger partial charge in [-0.15, -0.1) is 0 Å².